The van der Waals surface area contributed by atoms with Gasteiger partial charge in [0.1, 0.15) is 0 Å². The van der Waals surface area contributed by atoms with E-state index in [9.17, 15) is 0 Å². The van der Waals surface area contributed by atoms with E-state index in [2.05, 4.69) is 97.6 Å². The minimum atomic E-state index is -0.238. The van der Waals surface area contributed by atoms with Gasteiger partial charge in [0.15, 0.2) is 0 Å². The molecule has 3 aromatic carbocycles. The van der Waals surface area contributed by atoms with Crippen molar-refractivity contribution in [2.24, 2.45) is 0 Å². The predicted octanol–water partition coefficient (Wildman–Crippen LogP) is 6.08. The van der Waals surface area contributed by atoms with Crippen LogP contribution in [-0.4, -0.2) is 18.0 Å². The van der Waals surface area contributed by atoms with Crippen molar-refractivity contribution in [2.45, 2.75) is 38.6 Å². The molecule has 0 aromatic heterocycles. The standard InChI is InChI=1S/C26H29N/c1-21-13-7-9-17-24(21)26(23-15-5-3-6-16-23,27-19-11-4-12-20-27)25-18-10-8-14-22(25)2/h3,5-10,13-18H,4,11-12,19-20H2,1-2H3. The molecule has 0 unspecified atom stereocenters. The quantitative estimate of drug-likeness (QED) is 0.513. The van der Waals surface area contributed by atoms with Crippen molar-refractivity contribution < 1.29 is 0 Å². The number of rotatable bonds is 4. The van der Waals surface area contributed by atoms with Gasteiger partial charge in [-0.2, -0.15) is 0 Å². The second-order valence-electron chi connectivity index (χ2n) is 7.75. The molecule has 0 aliphatic carbocycles. The summed E-state index contributed by atoms with van der Waals surface area (Å²) >= 11 is 0. The van der Waals surface area contributed by atoms with Crippen molar-refractivity contribution in [3.63, 3.8) is 0 Å². The van der Waals surface area contributed by atoms with E-state index in [1.54, 1.807) is 0 Å². The van der Waals surface area contributed by atoms with Gasteiger partial charge in [0.2, 0.25) is 0 Å². The summed E-state index contributed by atoms with van der Waals surface area (Å²) in [5.74, 6) is 0. The van der Waals surface area contributed by atoms with Crippen molar-refractivity contribution in [1.29, 1.82) is 0 Å². The molecule has 0 spiro atoms. The first-order valence-corrected chi connectivity index (χ1v) is 10.2. The van der Waals surface area contributed by atoms with E-state index in [0.717, 1.165) is 13.1 Å². The maximum Gasteiger partial charge on any atom is 0.0978 e. The molecule has 0 amide bonds. The molecule has 1 nitrogen and oxygen atoms in total. The highest BCUT2D eigenvalue weighted by atomic mass is 15.2. The highest BCUT2D eigenvalue weighted by Crippen LogP contribution is 2.45. The zero-order valence-corrected chi connectivity index (χ0v) is 16.5. The van der Waals surface area contributed by atoms with Crippen LogP contribution in [0.2, 0.25) is 0 Å². The summed E-state index contributed by atoms with van der Waals surface area (Å²) in [4.78, 5) is 2.73. The summed E-state index contributed by atoms with van der Waals surface area (Å²) in [7, 11) is 0. The van der Waals surface area contributed by atoms with Crippen LogP contribution in [0.4, 0.5) is 0 Å². The van der Waals surface area contributed by atoms with Crippen LogP contribution in [0.3, 0.4) is 0 Å². The minimum absolute atomic E-state index is 0.238. The number of benzene rings is 3. The van der Waals surface area contributed by atoms with Gasteiger partial charge in [0.25, 0.3) is 0 Å². The van der Waals surface area contributed by atoms with Gasteiger partial charge in [-0.1, -0.05) is 85.3 Å². The summed E-state index contributed by atoms with van der Waals surface area (Å²) in [5, 5.41) is 0. The lowest BCUT2D eigenvalue weighted by atomic mass is 9.72. The minimum Gasteiger partial charge on any atom is -0.286 e. The van der Waals surface area contributed by atoms with Gasteiger partial charge in [0, 0.05) is 0 Å². The van der Waals surface area contributed by atoms with E-state index in [-0.39, 0.29) is 5.54 Å². The van der Waals surface area contributed by atoms with Crippen LogP contribution in [0.5, 0.6) is 0 Å². The normalized spacial score (nSPS) is 15.6. The van der Waals surface area contributed by atoms with Gasteiger partial charge >= 0.3 is 0 Å². The fourth-order valence-corrected chi connectivity index (χ4v) is 4.85. The van der Waals surface area contributed by atoms with Crippen molar-refractivity contribution in [3.05, 3.63) is 107 Å². The Hall–Kier alpha value is -2.38. The van der Waals surface area contributed by atoms with E-state index in [1.165, 1.54) is 47.1 Å². The smallest absolute Gasteiger partial charge is 0.0978 e. The van der Waals surface area contributed by atoms with Gasteiger partial charge in [-0.15, -0.1) is 0 Å². The number of hydrogen-bond acceptors (Lipinski definition) is 1. The lowest BCUT2D eigenvalue weighted by Gasteiger charge is -2.48. The molecule has 0 saturated carbocycles. The molecule has 27 heavy (non-hydrogen) atoms. The fraction of sp³-hybridized carbons (Fsp3) is 0.308. The molecular weight excluding hydrogens is 326 g/mol. The highest BCUT2D eigenvalue weighted by Gasteiger charge is 2.43. The maximum absolute atomic E-state index is 2.73. The average Bonchev–Trinajstić information content (AvgIpc) is 2.73. The average molecular weight is 356 g/mol. The Morgan fingerprint density at radius 3 is 1.59 bits per heavy atom. The molecule has 4 rings (SSSR count). The van der Waals surface area contributed by atoms with Gasteiger partial charge in [-0.25, -0.2) is 0 Å². The monoisotopic (exact) mass is 355 g/mol. The van der Waals surface area contributed by atoms with Crippen LogP contribution in [-0.2, 0) is 5.54 Å². The highest BCUT2D eigenvalue weighted by molar-refractivity contribution is 5.54. The summed E-state index contributed by atoms with van der Waals surface area (Å²) in [6, 6.07) is 29.0. The van der Waals surface area contributed by atoms with Gasteiger partial charge in [-0.3, -0.25) is 4.90 Å². The SMILES string of the molecule is Cc1ccccc1C(c1ccccc1)(c1ccccc1C)N1CCCCC1. The van der Waals surface area contributed by atoms with Crippen molar-refractivity contribution in [2.75, 3.05) is 13.1 Å². The molecule has 0 radical (unpaired) electrons. The third-order valence-electron chi connectivity index (χ3n) is 6.09. The molecule has 0 bridgehead atoms. The van der Waals surface area contributed by atoms with E-state index < -0.39 is 0 Å². The first kappa shape index (κ1) is 18.0. The van der Waals surface area contributed by atoms with Crippen LogP contribution in [0.15, 0.2) is 78.9 Å². The molecule has 1 saturated heterocycles. The Morgan fingerprint density at radius 1 is 0.593 bits per heavy atom. The third kappa shape index (κ3) is 3.11. The van der Waals surface area contributed by atoms with Crippen LogP contribution in [0.25, 0.3) is 0 Å². The van der Waals surface area contributed by atoms with Gasteiger partial charge < -0.3 is 0 Å². The van der Waals surface area contributed by atoms with E-state index >= 15 is 0 Å². The molecule has 1 aliphatic rings. The van der Waals surface area contributed by atoms with Crippen LogP contribution < -0.4 is 0 Å². The van der Waals surface area contributed by atoms with E-state index in [1.807, 2.05) is 0 Å². The van der Waals surface area contributed by atoms with E-state index in [0.29, 0.717) is 0 Å². The number of nitrogens with zero attached hydrogens (tertiary/aromatic N) is 1. The molecule has 138 valence electrons. The summed E-state index contributed by atoms with van der Waals surface area (Å²) < 4.78 is 0. The number of likely N-dealkylation sites (tertiary alicyclic amines) is 1. The van der Waals surface area contributed by atoms with Gasteiger partial charge in [-0.05, 0) is 67.6 Å². The van der Waals surface area contributed by atoms with Crippen molar-refractivity contribution in [3.8, 4) is 0 Å². The van der Waals surface area contributed by atoms with Crippen LogP contribution in [0, 0.1) is 13.8 Å². The Morgan fingerprint density at radius 2 is 1.07 bits per heavy atom. The lowest BCUT2D eigenvalue weighted by Crippen LogP contribution is -2.51. The lowest BCUT2D eigenvalue weighted by molar-refractivity contribution is 0.127. The second kappa shape index (κ2) is 7.70. The molecule has 0 atom stereocenters. The van der Waals surface area contributed by atoms with Crippen LogP contribution >= 0.6 is 0 Å². The maximum atomic E-state index is 2.73. The third-order valence-corrected chi connectivity index (χ3v) is 6.09. The molecule has 1 heteroatoms. The second-order valence-corrected chi connectivity index (χ2v) is 7.75. The predicted molar refractivity (Wildman–Crippen MR) is 114 cm³/mol. The summed E-state index contributed by atoms with van der Waals surface area (Å²) in [6.07, 6.45) is 3.88. The van der Waals surface area contributed by atoms with Gasteiger partial charge in [0.05, 0.1) is 5.54 Å². The molecule has 1 fully saturated rings. The summed E-state index contributed by atoms with van der Waals surface area (Å²) in [6.45, 7) is 6.79. The Balaban J connectivity index is 2.09. The van der Waals surface area contributed by atoms with Crippen molar-refractivity contribution >= 4 is 0 Å². The summed E-state index contributed by atoms with van der Waals surface area (Å²) in [5.41, 5.74) is 6.67. The van der Waals surface area contributed by atoms with Crippen LogP contribution in [0.1, 0.15) is 47.1 Å². The molecular formula is C26H29N. The number of aryl methyl sites for hydroxylation is 2. The Kier molecular flexibility index (Phi) is 5.13. The van der Waals surface area contributed by atoms with Crippen molar-refractivity contribution in [1.82, 2.24) is 4.90 Å². The Bertz CT molecular complexity index is 845. The fourth-order valence-electron chi connectivity index (χ4n) is 4.85. The first-order valence-electron chi connectivity index (χ1n) is 10.2. The topological polar surface area (TPSA) is 3.24 Å². The first-order chi connectivity index (χ1) is 13.2. The zero-order valence-electron chi connectivity index (χ0n) is 16.5. The molecule has 1 aliphatic heterocycles. The Labute approximate surface area is 163 Å². The largest absolute Gasteiger partial charge is 0.286 e. The number of hydrogen-bond donors (Lipinski definition) is 0. The molecule has 3 aromatic rings. The molecule has 1 heterocycles. The zero-order chi connectivity index (χ0) is 18.7. The molecule has 0 N–H and O–H groups in total. The number of piperidine rings is 1. The van der Waals surface area contributed by atoms with E-state index in [4.69, 9.17) is 0 Å².